The quantitative estimate of drug-likeness (QED) is 0.123. The summed E-state index contributed by atoms with van der Waals surface area (Å²) in [6.07, 6.45) is -5.01. The average Bonchev–Trinajstić information content (AvgIpc) is 3.72. The summed E-state index contributed by atoms with van der Waals surface area (Å²) in [5.41, 5.74) is 4.72. The molecule has 2 aromatic carbocycles. The number of aliphatic imine (C=N–C) groups is 3. The maximum Gasteiger partial charge on any atom is 0.411 e. The van der Waals surface area contributed by atoms with Gasteiger partial charge < -0.3 is 15.8 Å². The maximum absolute atomic E-state index is 14.4. The van der Waals surface area contributed by atoms with Gasteiger partial charge in [-0.1, -0.05) is 50.6 Å². The third kappa shape index (κ3) is 8.89. The first-order valence-corrected chi connectivity index (χ1v) is 16.6. The van der Waals surface area contributed by atoms with Crippen molar-refractivity contribution in [2.24, 2.45) is 26.1 Å². The van der Waals surface area contributed by atoms with Crippen molar-refractivity contribution in [3.05, 3.63) is 82.6 Å². The summed E-state index contributed by atoms with van der Waals surface area (Å²) < 4.78 is 74.1. The van der Waals surface area contributed by atoms with E-state index in [1.165, 1.54) is 30.3 Å². The van der Waals surface area contributed by atoms with Crippen molar-refractivity contribution in [3.8, 4) is 11.4 Å². The Morgan fingerprint density at radius 2 is 1.77 bits per heavy atom. The average molecular weight is 747 g/mol. The molecular weight excluding hydrogens is 711 g/mol. The fourth-order valence-electron chi connectivity index (χ4n) is 5.32. The number of nitrogens with one attached hydrogen (secondary N) is 1. The first-order valence-electron chi connectivity index (χ1n) is 16.2. The van der Waals surface area contributed by atoms with Crippen LogP contribution >= 0.6 is 11.6 Å². The number of alkyl halides is 5. The number of carbonyl (C=O) groups excluding carboxylic acids is 2. The Balaban J connectivity index is 1.57. The van der Waals surface area contributed by atoms with Gasteiger partial charge in [-0.05, 0) is 60.6 Å². The molecular formula is C35H36ClF5N8O3. The molecule has 2 heterocycles. The summed E-state index contributed by atoms with van der Waals surface area (Å²) in [4.78, 5) is 48.9. The number of guanidine groups is 1. The van der Waals surface area contributed by atoms with Crippen LogP contribution < -0.4 is 11.1 Å². The van der Waals surface area contributed by atoms with Crippen LogP contribution in [0, 0.1) is 5.41 Å². The number of aromatic nitrogens is 2. The second kappa shape index (κ2) is 15.3. The Morgan fingerprint density at radius 1 is 1.10 bits per heavy atom. The third-order valence-corrected chi connectivity index (χ3v) is 8.80. The van der Waals surface area contributed by atoms with E-state index in [9.17, 15) is 31.5 Å². The summed E-state index contributed by atoms with van der Waals surface area (Å²) in [6, 6.07) is 9.09. The normalized spacial score (nSPS) is 17.5. The van der Waals surface area contributed by atoms with Gasteiger partial charge in [0.15, 0.2) is 17.8 Å². The van der Waals surface area contributed by atoms with Crippen LogP contribution in [0.5, 0.6) is 0 Å². The highest BCUT2D eigenvalue weighted by Crippen LogP contribution is 2.49. The van der Waals surface area contributed by atoms with E-state index in [1.54, 1.807) is 30.6 Å². The van der Waals surface area contributed by atoms with E-state index in [2.05, 4.69) is 24.9 Å². The molecule has 276 valence electrons. The molecule has 2 amide bonds. The molecule has 0 bridgehead atoms. The van der Waals surface area contributed by atoms with Crippen LogP contribution in [0.25, 0.3) is 11.4 Å². The molecule has 0 spiro atoms. The minimum absolute atomic E-state index is 0.0281. The fourth-order valence-corrected chi connectivity index (χ4v) is 5.54. The summed E-state index contributed by atoms with van der Waals surface area (Å²) in [5, 5.41) is 1.92. The van der Waals surface area contributed by atoms with Gasteiger partial charge in [-0.2, -0.15) is 13.2 Å². The Bertz CT molecular complexity index is 1860. The molecule has 0 radical (unpaired) electrons. The van der Waals surface area contributed by atoms with Gasteiger partial charge in [0.2, 0.25) is 0 Å². The van der Waals surface area contributed by atoms with E-state index < -0.39 is 48.8 Å². The van der Waals surface area contributed by atoms with E-state index in [-0.39, 0.29) is 58.2 Å². The second-order valence-electron chi connectivity index (χ2n) is 13.5. The number of amides is 2. The van der Waals surface area contributed by atoms with Crippen molar-refractivity contribution in [2.75, 3.05) is 13.2 Å². The standard InChI is InChI=1S/C35H36ClF5N8O3/c1-33(2,3)13-16-45-31(42)49(30(50)21-7-5-20(6-8-21)29-43-14-4-15-44-29)25(18-52-32(51)48-34(11-12-34)35(39,40)41)22-9-10-24(36)23(17-22)26-27(28(37)38)47-19-46-26/h4-10,14-15,17,19,25,27-28H,11-13,16,18H2,1-3H3,(H2,42,45)(H,48,51)/t25-,27?/m1/s1. The first-order chi connectivity index (χ1) is 24.5. The van der Waals surface area contributed by atoms with Crippen molar-refractivity contribution in [2.45, 2.75) is 70.3 Å². The lowest BCUT2D eigenvalue weighted by molar-refractivity contribution is -0.164. The highest BCUT2D eigenvalue weighted by Gasteiger charge is 2.64. The number of benzene rings is 2. The molecule has 1 aliphatic heterocycles. The number of hydrogen-bond donors (Lipinski definition) is 2. The largest absolute Gasteiger partial charge is 0.447 e. The number of carbonyl (C=O) groups is 2. The summed E-state index contributed by atoms with van der Waals surface area (Å²) >= 11 is 6.46. The lowest BCUT2D eigenvalue weighted by Gasteiger charge is -2.32. The number of hydrogen-bond acceptors (Lipinski definition) is 8. The van der Waals surface area contributed by atoms with Crippen molar-refractivity contribution in [1.29, 1.82) is 0 Å². The molecule has 1 fully saturated rings. The minimum Gasteiger partial charge on any atom is -0.447 e. The maximum atomic E-state index is 14.4. The number of alkyl carbamates (subject to hydrolysis) is 1. The lowest BCUT2D eigenvalue weighted by Crippen LogP contribution is -2.49. The molecule has 0 saturated heterocycles. The van der Waals surface area contributed by atoms with Crippen molar-refractivity contribution in [1.82, 2.24) is 20.2 Å². The van der Waals surface area contributed by atoms with Gasteiger partial charge >= 0.3 is 12.3 Å². The number of ether oxygens (including phenoxy) is 1. The molecule has 1 aromatic heterocycles. The topological polar surface area (TPSA) is 148 Å². The molecule has 17 heteroatoms. The second-order valence-corrected chi connectivity index (χ2v) is 13.9. The summed E-state index contributed by atoms with van der Waals surface area (Å²) in [6.45, 7) is 5.42. The molecule has 1 saturated carbocycles. The van der Waals surface area contributed by atoms with Gasteiger partial charge in [0.25, 0.3) is 12.3 Å². The molecule has 52 heavy (non-hydrogen) atoms. The highest BCUT2D eigenvalue weighted by atomic mass is 35.5. The van der Waals surface area contributed by atoms with Gasteiger partial charge in [-0.25, -0.2) is 28.5 Å². The SMILES string of the molecule is CC(C)(C)CCN=C(N)N(C(=O)c1ccc(-c2ncccn2)cc1)[C@H](COC(=O)NC1(C(F)(F)F)CC1)c1ccc(Cl)c(C2=NC=NC2C(F)F)c1. The van der Waals surface area contributed by atoms with E-state index in [0.29, 0.717) is 17.8 Å². The first kappa shape index (κ1) is 38.2. The smallest absolute Gasteiger partial charge is 0.411 e. The number of halogens is 6. The number of nitrogens with zero attached hydrogens (tertiary/aromatic N) is 6. The zero-order valence-electron chi connectivity index (χ0n) is 28.4. The Labute approximate surface area is 301 Å². The summed E-state index contributed by atoms with van der Waals surface area (Å²) in [5.74, 6) is -0.610. The van der Waals surface area contributed by atoms with Crippen LogP contribution in [0.3, 0.4) is 0 Å². The molecule has 3 N–H and O–H groups in total. The van der Waals surface area contributed by atoms with Gasteiger partial charge in [0, 0.05) is 40.7 Å². The zero-order chi connectivity index (χ0) is 37.8. The Hall–Kier alpha value is -4.99. The molecule has 5 rings (SSSR count). The summed E-state index contributed by atoms with van der Waals surface area (Å²) in [7, 11) is 0. The fraction of sp³-hybridized carbons (Fsp3) is 0.400. The van der Waals surface area contributed by atoms with Crippen molar-refractivity contribution < 1.29 is 36.3 Å². The van der Waals surface area contributed by atoms with Crippen molar-refractivity contribution in [3.63, 3.8) is 0 Å². The van der Waals surface area contributed by atoms with Crippen LogP contribution in [0.4, 0.5) is 26.7 Å². The van der Waals surface area contributed by atoms with Gasteiger partial charge in [-0.3, -0.25) is 19.7 Å². The van der Waals surface area contributed by atoms with Gasteiger partial charge in [-0.15, -0.1) is 0 Å². The minimum atomic E-state index is -4.72. The van der Waals surface area contributed by atoms with E-state index in [0.717, 1.165) is 11.2 Å². The van der Waals surface area contributed by atoms with E-state index in [4.69, 9.17) is 22.1 Å². The molecule has 2 aliphatic rings. The predicted molar refractivity (Wildman–Crippen MR) is 186 cm³/mol. The highest BCUT2D eigenvalue weighted by molar-refractivity contribution is 6.35. The zero-order valence-corrected chi connectivity index (χ0v) is 29.1. The van der Waals surface area contributed by atoms with Crippen LogP contribution in [-0.2, 0) is 4.74 Å². The van der Waals surface area contributed by atoms with Crippen LogP contribution in [0.15, 0.2) is 75.9 Å². The van der Waals surface area contributed by atoms with Gasteiger partial charge in [0.05, 0.1) is 11.8 Å². The van der Waals surface area contributed by atoms with Crippen LogP contribution in [-0.4, -0.2) is 82.2 Å². The number of rotatable bonds is 11. The molecule has 2 atom stereocenters. The third-order valence-electron chi connectivity index (χ3n) is 8.47. The van der Waals surface area contributed by atoms with Crippen LogP contribution in [0.1, 0.15) is 67.6 Å². The van der Waals surface area contributed by atoms with E-state index in [1.807, 2.05) is 26.1 Å². The lowest BCUT2D eigenvalue weighted by atomic mass is 9.92. The monoisotopic (exact) mass is 746 g/mol. The molecule has 1 aliphatic carbocycles. The Kier molecular flexibility index (Phi) is 11.3. The predicted octanol–water partition coefficient (Wildman–Crippen LogP) is 7.02. The Morgan fingerprint density at radius 3 is 2.37 bits per heavy atom. The molecule has 11 nitrogen and oxygen atoms in total. The molecule has 1 unspecified atom stereocenters. The molecule has 3 aromatic rings. The van der Waals surface area contributed by atoms with Crippen LogP contribution in [0.2, 0.25) is 5.02 Å². The van der Waals surface area contributed by atoms with Gasteiger partial charge in [0.1, 0.15) is 18.5 Å². The van der Waals surface area contributed by atoms with E-state index >= 15 is 0 Å². The number of nitrogens with two attached hydrogens (primary N) is 1. The van der Waals surface area contributed by atoms with Crippen molar-refractivity contribution >= 4 is 41.6 Å².